The average Bonchev–Trinajstić information content (AvgIpc) is 2.63. The summed E-state index contributed by atoms with van der Waals surface area (Å²) in [6.45, 7) is -0.0675. The largest absolute Gasteiger partial charge is 0.480 e. The molecule has 0 atom stereocenters. The zero-order valence-electron chi connectivity index (χ0n) is 8.04. The summed E-state index contributed by atoms with van der Waals surface area (Å²) in [5, 5.41) is 11.5. The summed E-state index contributed by atoms with van der Waals surface area (Å²) in [5.74, 6) is -0.219. The van der Waals surface area contributed by atoms with Gasteiger partial charge in [0.1, 0.15) is 23.5 Å². The van der Waals surface area contributed by atoms with Crippen LogP contribution in [-0.2, 0) is 4.79 Å². The predicted molar refractivity (Wildman–Crippen MR) is 58.3 cm³/mol. The van der Waals surface area contributed by atoms with Gasteiger partial charge in [0, 0.05) is 7.05 Å². The molecule has 2 aromatic rings. The molecule has 0 aliphatic rings. The number of thiophene rings is 1. The molecule has 2 heterocycles. The lowest BCUT2D eigenvalue weighted by atomic mass is 10.3. The van der Waals surface area contributed by atoms with Crippen LogP contribution in [0.2, 0.25) is 0 Å². The molecule has 0 aliphatic heterocycles. The van der Waals surface area contributed by atoms with Gasteiger partial charge in [-0.15, -0.1) is 11.3 Å². The Balaban J connectivity index is 2.42. The molecule has 0 fully saturated rings. The number of hydrogen-bond donors (Lipinski definition) is 1. The maximum absolute atomic E-state index is 10.6. The van der Waals surface area contributed by atoms with E-state index in [-0.39, 0.29) is 6.54 Å². The molecule has 0 saturated carbocycles. The molecule has 0 radical (unpaired) electrons. The number of fused-ring (bicyclic) bond motifs is 1. The van der Waals surface area contributed by atoms with Gasteiger partial charge in [-0.1, -0.05) is 0 Å². The van der Waals surface area contributed by atoms with Crippen molar-refractivity contribution in [2.24, 2.45) is 0 Å². The van der Waals surface area contributed by atoms with Crippen molar-refractivity contribution in [2.45, 2.75) is 0 Å². The lowest BCUT2D eigenvalue weighted by molar-refractivity contribution is -0.135. The highest BCUT2D eigenvalue weighted by molar-refractivity contribution is 7.16. The maximum Gasteiger partial charge on any atom is 0.323 e. The summed E-state index contributed by atoms with van der Waals surface area (Å²) >= 11 is 1.51. The molecular weight excluding hydrogens is 214 g/mol. The van der Waals surface area contributed by atoms with Crippen LogP contribution in [0.5, 0.6) is 0 Å². The third-order valence-corrected chi connectivity index (χ3v) is 2.80. The summed E-state index contributed by atoms with van der Waals surface area (Å²) in [6.07, 6.45) is 1.45. The number of aromatic nitrogens is 2. The Hall–Kier alpha value is -1.69. The van der Waals surface area contributed by atoms with Crippen molar-refractivity contribution in [1.82, 2.24) is 9.97 Å². The Morgan fingerprint density at radius 2 is 2.40 bits per heavy atom. The van der Waals surface area contributed by atoms with E-state index in [1.54, 1.807) is 11.9 Å². The lowest BCUT2D eigenvalue weighted by Crippen LogP contribution is -2.26. The zero-order valence-corrected chi connectivity index (χ0v) is 8.86. The van der Waals surface area contributed by atoms with Crippen LogP contribution in [0, 0.1) is 0 Å². The number of nitrogens with zero attached hydrogens (tertiary/aromatic N) is 3. The Morgan fingerprint density at radius 1 is 1.60 bits per heavy atom. The van der Waals surface area contributed by atoms with Crippen LogP contribution in [0.4, 0.5) is 5.82 Å². The molecule has 2 aromatic heterocycles. The lowest BCUT2D eigenvalue weighted by Gasteiger charge is -2.15. The van der Waals surface area contributed by atoms with E-state index in [0.29, 0.717) is 5.82 Å². The number of aliphatic carboxylic acids is 1. The van der Waals surface area contributed by atoms with Gasteiger partial charge < -0.3 is 10.0 Å². The first kappa shape index (κ1) is 9.85. The zero-order chi connectivity index (χ0) is 10.8. The molecule has 0 unspecified atom stereocenters. The molecule has 0 spiro atoms. The Morgan fingerprint density at radius 3 is 3.13 bits per heavy atom. The van der Waals surface area contributed by atoms with Crippen molar-refractivity contribution in [1.29, 1.82) is 0 Å². The van der Waals surface area contributed by atoms with E-state index in [1.807, 2.05) is 11.4 Å². The topological polar surface area (TPSA) is 66.3 Å². The van der Waals surface area contributed by atoms with E-state index in [4.69, 9.17) is 5.11 Å². The van der Waals surface area contributed by atoms with Crippen molar-refractivity contribution in [3.8, 4) is 0 Å². The van der Waals surface area contributed by atoms with Crippen LogP contribution in [0.25, 0.3) is 10.2 Å². The second-order valence-electron chi connectivity index (χ2n) is 3.09. The molecule has 0 saturated heterocycles. The average molecular weight is 223 g/mol. The molecule has 0 amide bonds. The van der Waals surface area contributed by atoms with Crippen LogP contribution in [0.15, 0.2) is 17.8 Å². The van der Waals surface area contributed by atoms with Crippen LogP contribution < -0.4 is 4.90 Å². The monoisotopic (exact) mass is 223 g/mol. The van der Waals surface area contributed by atoms with Crippen molar-refractivity contribution < 1.29 is 9.90 Å². The second kappa shape index (κ2) is 3.82. The molecular formula is C9H9N3O2S. The van der Waals surface area contributed by atoms with Crippen LogP contribution in [0.3, 0.4) is 0 Å². The number of carbonyl (C=O) groups is 1. The normalized spacial score (nSPS) is 10.5. The molecule has 1 N–H and O–H groups in total. The fourth-order valence-corrected chi connectivity index (χ4v) is 2.09. The summed E-state index contributed by atoms with van der Waals surface area (Å²) in [6, 6.07) is 1.90. The molecule has 5 nitrogen and oxygen atoms in total. The first-order valence-corrected chi connectivity index (χ1v) is 5.17. The number of likely N-dealkylation sites (N-methyl/N-ethyl adjacent to an activating group) is 1. The fraction of sp³-hybridized carbons (Fsp3) is 0.222. The van der Waals surface area contributed by atoms with Gasteiger partial charge in [-0.05, 0) is 11.4 Å². The molecule has 0 aliphatic carbocycles. The number of carboxylic acids is 1. The maximum atomic E-state index is 10.6. The minimum atomic E-state index is -0.875. The highest BCUT2D eigenvalue weighted by Gasteiger charge is 2.11. The van der Waals surface area contributed by atoms with E-state index in [2.05, 4.69) is 9.97 Å². The van der Waals surface area contributed by atoms with Crippen molar-refractivity contribution in [2.75, 3.05) is 18.5 Å². The number of hydrogen-bond acceptors (Lipinski definition) is 5. The Bertz CT molecular complexity index is 497. The van der Waals surface area contributed by atoms with Gasteiger partial charge in [0.25, 0.3) is 0 Å². The Kier molecular flexibility index (Phi) is 2.51. The van der Waals surface area contributed by atoms with Crippen molar-refractivity contribution in [3.63, 3.8) is 0 Å². The second-order valence-corrected chi connectivity index (χ2v) is 3.98. The summed E-state index contributed by atoms with van der Waals surface area (Å²) in [5.41, 5.74) is 0. The van der Waals surface area contributed by atoms with Crippen molar-refractivity contribution in [3.05, 3.63) is 17.8 Å². The van der Waals surface area contributed by atoms with Crippen LogP contribution in [-0.4, -0.2) is 34.6 Å². The third-order valence-electron chi connectivity index (χ3n) is 1.97. The van der Waals surface area contributed by atoms with E-state index >= 15 is 0 Å². The highest BCUT2D eigenvalue weighted by Crippen LogP contribution is 2.25. The quantitative estimate of drug-likeness (QED) is 0.847. The minimum Gasteiger partial charge on any atom is -0.480 e. The molecule has 15 heavy (non-hydrogen) atoms. The first-order valence-electron chi connectivity index (χ1n) is 4.29. The summed E-state index contributed by atoms with van der Waals surface area (Å²) < 4.78 is 0. The van der Waals surface area contributed by atoms with Gasteiger partial charge in [0.2, 0.25) is 0 Å². The molecule has 2 rings (SSSR count). The smallest absolute Gasteiger partial charge is 0.323 e. The molecule has 78 valence electrons. The predicted octanol–water partition coefficient (Wildman–Crippen LogP) is 1.21. The first-order chi connectivity index (χ1) is 7.18. The van der Waals surface area contributed by atoms with Gasteiger partial charge in [0.15, 0.2) is 0 Å². The van der Waals surface area contributed by atoms with Crippen molar-refractivity contribution >= 4 is 33.3 Å². The number of anilines is 1. The van der Waals surface area contributed by atoms with Gasteiger partial charge in [0.05, 0.1) is 5.39 Å². The van der Waals surface area contributed by atoms with Crippen LogP contribution >= 0.6 is 11.3 Å². The Labute approximate surface area is 90.0 Å². The number of rotatable bonds is 3. The van der Waals surface area contributed by atoms with E-state index < -0.39 is 5.97 Å². The standard InChI is InChI=1S/C9H9N3O2S/c1-12(4-7(13)14)8-6-2-3-15-9(6)11-5-10-8/h2-3,5H,4H2,1H3,(H,13,14). The van der Waals surface area contributed by atoms with Gasteiger partial charge in [-0.25, -0.2) is 9.97 Å². The van der Waals surface area contributed by atoms with Crippen LogP contribution in [0.1, 0.15) is 0 Å². The third kappa shape index (κ3) is 1.89. The summed E-state index contributed by atoms with van der Waals surface area (Å²) in [7, 11) is 1.70. The summed E-state index contributed by atoms with van der Waals surface area (Å²) in [4.78, 5) is 21.2. The van der Waals surface area contributed by atoms with Gasteiger partial charge in [-0.3, -0.25) is 4.79 Å². The molecule has 6 heteroatoms. The SMILES string of the molecule is CN(CC(=O)O)c1ncnc2sccc12. The minimum absolute atomic E-state index is 0.0675. The molecule has 0 aromatic carbocycles. The fourth-order valence-electron chi connectivity index (χ4n) is 1.36. The number of carboxylic acid groups (broad SMARTS) is 1. The molecule has 0 bridgehead atoms. The highest BCUT2D eigenvalue weighted by atomic mass is 32.1. The van der Waals surface area contributed by atoms with E-state index in [1.165, 1.54) is 17.7 Å². The van der Waals surface area contributed by atoms with Gasteiger partial charge in [-0.2, -0.15) is 0 Å². The van der Waals surface area contributed by atoms with Gasteiger partial charge >= 0.3 is 5.97 Å². The van der Waals surface area contributed by atoms with E-state index in [9.17, 15) is 4.79 Å². The van der Waals surface area contributed by atoms with E-state index in [0.717, 1.165) is 10.2 Å².